The van der Waals surface area contributed by atoms with Crippen LogP contribution in [0.15, 0.2) is 48.5 Å². The Bertz CT molecular complexity index is 1060. The van der Waals surface area contributed by atoms with Gasteiger partial charge in [0.05, 0.1) is 5.69 Å². The highest BCUT2D eigenvalue weighted by molar-refractivity contribution is 6.04. The molecule has 136 valence electrons. The van der Waals surface area contributed by atoms with Gasteiger partial charge in [-0.3, -0.25) is 14.3 Å². The normalized spacial score (nSPS) is 12.1. The van der Waals surface area contributed by atoms with E-state index in [1.807, 2.05) is 18.2 Å². The van der Waals surface area contributed by atoms with Crippen LogP contribution in [0, 0.1) is 0 Å². The Labute approximate surface area is 155 Å². The molecule has 0 saturated carbocycles. The smallest absolute Gasteiger partial charge is 0.276 e. The first kappa shape index (κ1) is 16.8. The summed E-state index contributed by atoms with van der Waals surface area (Å²) in [5.41, 5.74) is 3.00. The summed E-state index contributed by atoms with van der Waals surface area (Å²) in [6.45, 7) is 1.69. The van der Waals surface area contributed by atoms with Crippen LogP contribution in [-0.4, -0.2) is 28.3 Å². The van der Waals surface area contributed by atoms with Crippen molar-refractivity contribution >= 4 is 17.4 Å². The number of hydrogen-bond donors (Lipinski definition) is 1. The summed E-state index contributed by atoms with van der Waals surface area (Å²) in [7, 11) is 1.77. The van der Waals surface area contributed by atoms with Gasteiger partial charge < -0.3 is 14.8 Å². The lowest BCUT2D eigenvalue weighted by Crippen LogP contribution is -2.13. The van der Waals surface area contributed by atoms with Crippen LogP contribution < -0.4 is 14.8 Å². The molecule has 0 saturated heterocycles. The molecule has 1 aliphatic rings. The van der Waals surface area contributed by atoms with Gasteiger partial charge in [-0.05, 0) is 43.3 Å². The van der Waals surface area contributed by atoms with E-state index in [9.17, 15) is 9.59 Å². The van der Waals surface area contributed by atoms with Crippen LogP contribution in [0.4, 0.5) is 5.69 Å². The van der Waals surface area contributed by atoms with E-state index < -0.39 is 0 Å². The number of rotatable bonds is 4. The predicted octanol–water partition coefficient (Wildman–Crippen LogP) is 3.27. The number of ketones is 1. The second-order valence-electron chi connectivity index (χ2n) is 6.20. The summed E-state index contributed by atoms with van der Waals surface area (Å²) in [6, 6.07) is 14.1. The fraction of sp³-hybridized carbons (Fsp3) is 0.150. The van der Waals surface area contributed by atoms with E-state index in [1.54, 1.807) is 42.1 Å². The quantitative estimate of drug-likeness (QED) is 0.720. The standard InChI is InChI=1S/C20H17N3O4/c1-12(24)13-4-3-5-15(8-13)21-20(25)16-10-17(23(2)22-16)14-6-7-18-19(9-14)27-11-26-18/h3-10H,11H2,1-2H3,(H,21,25). The Morgan fingerprint density at radius 1 is 1.07 bits per heavy atom. The van der Waals surface area contributed by atoms with Crippen LogP contribution in [0.5, 0.6) is 11.5 Å². The van der Waals surface area contributed by atoms with E-state index in [2.05, 4.69) is 10.4 Å². The first-order chi connectivity index (χ1) is 13.0. The molecule has 1 aliphatic heterocycles. The summed E-state index contributed by atoms with van der Waals surface area (Å²) < 4.78 is 12.4. The van der Waals surface area contributed by atoms with Gasteiger partial charge in [-0.2, -0.15) is 5.10 Å². The van der Waals surface area contributed by atoms with Crippen LogP contribution in [0.2, 0.25) is 0 Å². The van der Waals surface area contributed by atoms with Crippen LogP contribution in [0.3, 0.4) is 0 Å². The molecule has 0 atom stereocenters. The highest BCUT2D eigenvalue weighted by Gasteiger charge is 2.18. The molecule has 0 fully saturated rings. The maximum atomic E-state index is 12.6. The van der Waals surface area contributed by atoms with Crippen molar-refractivity contribution in [3.8, 4) is 22.8 Å². The van der Waals surface area contributed by atoms with Crippen LogP contribution >= 0.6 is 0 Å². The molecule has 27 heavy (non-hydrogen) atoms. The fourth-order valence-corrected chi connectivity index (χ4v) is 2.92. The van der Waals surface area contributed by atoms with Gasteiger partial charge in [0.25, 0.3) is 5.91 Å². The molecule has 7 nitrogen and oxygen atoms in total. The number of fused-ring (bicyclic) bond motifs is 1. The maximum Gasteiger partial charge on any atom is 0.276 e. The van der Waals surface area contributed by atoms with E-state index >= 15 is 0 Å². The largest absolute Gasteiger partial charge is 0.454 e. The number of carbonyl (C=O) groups is 2. The SMILES string of the molecule is CC(=O)c1cccc(NC(=O)c2cc(-c3ccc4c(c3)OCO4)n(C)n2)c1. The van der Waals surface area contributed by atoms with Crippen LogP contribution in [0.1, 0.15) is 27.8 Å². The number of hydrogen-bond acceptors (Lipinski definition) is 5. The van der Waals surface area contributed by atoms with E-state index in [4.69, 9.17) is 9.47 Å². The molecule has 2 aromatic carbocycles. The Kier molecular flexibility index (Phi) is 4.12. The van der Waals surface area contributed by atoms with Crippen LogP contribution in [-0.2, 0) is 7.05 Å². The highest BCUT2D eigenvalue weighted by Crippen LogP contribution is 2.35. The van der Waals surface area contributed by atoms with Gasteiger partial charge in [-0.25, -0.2) is 0 Å². The molecule has 0 bridgehead atoms. The molecule has 7 heteroatoms. The van der Waals surface area contributed by atoms with Crippen molar-refractivity contribution in [2.75, 3.05) is 12.1 Å². The first-order valence-corrected chi connectivity index (χ1v) is 8.38. The number of amides is 1. The Morgan fingerprint density at radius 2 is 1.89 bits per heavy atom. The lowest BCUT2D eigenvalue weighted by Gasteiger charge is -2.04. The summed E-state index contributed by atoms with van der Waals surface area (Å²) in [4.78, 5) is 24.1. The minimum atomic E-state index is -0.349. The van der Waals surface area contributed by atoms with Gasteiger partial charge in [0.1, 0.15) is 0 Å². The number of nitrogens with zero attached hydrogens (tertiary/aromatic N) is 2. The van der Waals surface area contributed by atoms with Crippen molar-refractivity contribution in [2.45, 2.75) is 6.92 Å². The summed E-state index contributed by atoms with van der Waals surface area (Å²) in [5.74, 6) is 0.956. The average molecular weight is 363 g/mol. The molecule has 0 radical (unpaired) electrons. The molecule has 0 unspecified atom stereocenters. The third kappa shape index (κ3) is 3.27. The summed E-state index contributed by atoms with van der Waals surface area (Å²) in [6.07, 6.45) is 0. The second-order valence-corrected chi connectivity index (χ2v) is 6.20. The van der Waals surface area contributed by atoms with Crippen molar-refractivity contribution in [3.63, 3.8) is 0 Å². The molecule has 4 rings (SSSR count). The highest BCUT2D eigenvalue weighted by atomic mass is 16.7. The van der Waals surface area contributed by atoms with Gasteiger partial charge in [-0.1, -0.05) is 12.1 Å². The molecule has 0 aliphatic carbocycles. The number of carbonyl (C=O) groups excluding carboxylic acids is 2. The monoisotopic (exact) mass is 363 g/mol. The van der Waals surface area contributed by atoms with Gasteiger partial charge in [0.15, 0.2) is 23.0 Å². The average Bonchev–Trinajstić information content (AvgIpc) is 3.27. The molecular formula is C20H17N3O4. The molecule has 1 aromatic heterocycles. The number of aryl methyl sites for hydroxylation is 1. The third-order valence-corrected chi connectivity index (χ3v) is 4.31. The third-order valence-electron chi connectivity index (χ3n) is 4.31. The van der Waals surface area contributed by atoms with Gasteiger partial charge in [0.2, 0.25) is 6.79 Å². The van der Waals surface area contributed by atoms with E-state index in [-0.39, 0.29) is 24.2 Å². The Balaban J connectivity index is 1.58. The topological polar surface area (TPSA) is 82.5 Å². The van der Waals surface area contributed by atoms with Crippen molar-refractivity contribution in [2.24, 2.45) is 7.05 Å². The lowest BCUT2D eigenvalue weighted by atomic mass is 10.1. The molecule has 1 amide bonds. The van der Waals surface area contributed by atoms with E-state index in [0.717, 1.165) is 11.3 Å². The number of nitrogens with one attached hydrogen (secondary N) is 1. The van der Waals surface area contributed by atoms with Crippen LogP contribution in [0.25, 0.3) is 11.3 Å². The summed E-state index contributed by atoms with van der Waals surface area (Å²) in [5, 5.41) is 7.08. The zero-order chi connectivity index (χ0) is 19.0. The number of aromatic nitrogens is 2. The van der Waals surface area contributed by atoms with E-state index in [1.165, 1.54) is 6.92 Å². The minimum absolute atomic E-state index is 0.0611. The zero-order valence-electron chi connectivity index (χ0n) is 14.9. The number of benzene rings is 2. The number of Topliss-reactive ketones (excluding diaryl/α,β-unsaturated/α-hetero) is 1. The molecular weight excluding hydrogens is 346 g/mol. The van der Waals surface area contributed by atoms with Gasteiger partial charge >= 0.3 is 0 Å². The first-order valence-electron chi connectivity index (χ1n) is 8.38. The summed E-state index contributed by atoms with van der Waals surface area (Å²) >= 11 is 0. The predicted molar refractivity (Wildman–Crippen MR) is 99.2 cm³/mol. The zero-order valence-corrected chi connectivity index (χ0v) is 14.9. The molecule has 2 heterocycles. The second kappa shape index (κ2) is 6.60. The molecule has 3 aromatic rings. The van der Waals surface area contributed by atoms with Crippen molar-refractivity contribution in [3.05, 3.63) is 59.8 Å². The van der Waals surface area contributed by atoms with E-state index in [0.29, 0.717) is 22.7 Å². The number of anilines is 1. The van der Waals surface area contributed by atoms with Gasteiger partial charge in [0, 0.05) is 23.9 Å². The minimum Gasteiger partial charge on any atom is -0.454 e. The van der Waals surface area contributed by atoms with Gasteiger partial charge in [-0.15, -0.1) is 0 Å². The number of ether oxygens (including phenoxy) is 2. The lowest BCUT2D eigenvalue weighted by molar-refractivity contribution is 0.100. The maximum absolute atomic E-state index is 12.6. The molecule has 0 spiro atoms. The van der Waals surface area contributed by atoms with Crippen molar-refractivity contribution in [1.29, 1.82) is 0 Å². The fourth-order valence-electron chi connectivity index (χ4n) is 2.92. The Hall–Kier alpha value is -3.61. The molecule has 1 N–H and O–H groups in total. The van der Waals surface area contributed by atoms with Crippen molar-refractivity contribution < 1.29 is 19.1 Å². The Morgan fingerprint density at radius 3 is 2.70 bits per heavy atom. The van der Waals surface area contributed by atoms with Crippen molar-refractivity contribution in [1.82, 2.24) is 9.78 Å².